The van der Waals surface area contributed by atoms with Crippen LogP contribution in [-0.4, -0.2) is 29.6 Å². The smallest absolute Gasteiger partial charge is 0.136 e. The van der Waals surface area contributed by atoms with E-state index >= 15 is 0 Å². The Kier molecular flexibility index (Phi) is 5.35. The maximum absolute atomic E-state index is 4.37. The first kappa shape index (κ1) is 13.9. The maximum atomic E-state index is 4.37. The highest BCUT2D eigenvalue weighted by atomic mass is 15.2. The van der Waals surface area contributed by atoms with Crippen molar-refractivity contribution in [1.29, 1.82) is 0 Å². The molecule has 0 aliphatic carbocycles. The Morgan fingerprint density at radius 2 is 2.00 bits per heavy atom. The van der Waals surface area contributed by atoms with Crippen molar-refractivity contribution in [1.82, 2.24) is 15.3 Å². The highest BCUT2D eigenvalue weighted by molar-refractivity contribution is 5.45. The second-order valence-corrected chi connectivity index (χ2v) is 5.10. The average molecular weight is 236 g/mol. The summed E-state index contributed by atoms with van der Waals surface area (Å²) in [6.07, 6.45) is 3.51. The predicted octanol–water partition coefficient (Wildman–Crippen LogP) is 2.07. The van der Waals surface area contributed by atoms with E-state index in [-0.39, 0.29) is 0 Å². The molecule has 0 atom stereocenters. The molecule has 0 saturated heterocycles. The van der Waals surface area contributed by atoms with E-state index in [4.69, 9.17) is 0 Å². The van der Waals surface area contributed by atoms with Gasteiger partial charge in [-0.1, -0.05) is 13.8 Å². The van der Waals surface area contributed by atoms with Crippen LogP contribution in [0.4, 0.5) is 5.82 Å². The highest BCUT2D eigenvalue weighted by Crippen LogP contribution is 2.16. The van der Waals surface area contributed by atoms with E-state index in [9.17, 15) is 0 Å². The molecule has 0 aliphatic heterocycles. The second kappa shape index (κ2) is 6.55. The number of anilines is 1. The van der Waals surface area contributed by atoms with Crippen LogP contribution in [0.3, 0.4) is 0 Å². The Bertz CT molecular complexity index is 336. The van der Waals surface area contributed by atoms with Gasteiger partial charge in [0.2, 0.25) is 0 Å². The highest BCUT2D eigenvalue weighted by Gasteiger charge is 2.11. The lowest BCUT2D eigenvalue weighted by Crippen LogP contribution is -2.29. The second-order valence-electron chi connectivity index (χ2n) is 5.10. The molecule has 96 valence electrons. The molecular weight excluding hydrogens is 212 g/mol. The van der Waals surface area contributed by atoms with Crippen molar-refractivity contribution in [2.45, 2.75) is 40.3 Å². The summed E-state index contributed by atoms with van der Waals surface area (Å²) < 4.78 is 0. The van der Waals surface area contributed by atoms with Gasteiger partial charge < -0.3 is 10.2 Å². The Hall–Kier alpha value is -1.16. The van der Waals surface area contributed by atoms with Gasteiger partial charge in [-0.25, -0.2) is 9.97 Å². The van der Waals surface area contributed by atoms with Crippen LogP contribution in [0.2, 0.25) is 0 Å². The van der Waals surface area contributed by atoms with Gasteiger partial charge in [-0.3, -0.25) is 0 Å². The Morgan fingerprint density at radius 1 is 1.29 bits per heavy atom. The normalized spacial score (nSPS) is 11.2. The molecule has 0 radical (unpaired) electrons. The molecule has 4 heteroatoms. The van der Waals surface area contributed by atoms with E-state index in [1.54, 1.807) is 6.33 Å². The largest absolute Gasteiger partial charge is 0.357 e. The van der Waals surface area contributed by atoms with Gasteiger partial charge in [-0.15, -0.1) is 0 Å². The first-order valence-corrected chi connectivity index (χ1v) is 6.24. The van der Waals surface area contributed by atoms with Crippen LogP contribution in [-0.2, 0) is 6.54 Å². The van der Waals surface area contributed by atoms with Gasteiger partial charge in [0.05, 0.1) is 0 Å². The van der Waals surface area contributed by atoms with Gasteiger partial charge in [0, 0.05) is 31.4 Å². The van der Waals surface area contributed by atoms with E-state index < -0.39 is 0 Å². The molecule has 0 amide bonds. The molecule has 0 aromatic carbocycles. The fraction of sp³-hybridized carbons (Fsp3) is 0.692. The molecule has 0 saturated carbocycles. The number of rotatable bonds is 6. The quantitative estimate of drug-likeness (QED) is 0.821. The number of aromatic nitrogens is 2. The topological polar surface area (TPSA) is 41.1 Å². The molecule has 0 spiro atoms. The van der Waals surface area contributed by atoms with E-state index in [0.717, 1.165) is 24.5 Å². The number of nitrogens with one attached hydrogen (secondary N) is 1. The summed E-state index contributed by atoms with van der Waals surface area (Å²) in [7, 11) is 2.07. The van der Waals surface area contributed by atoms with Crippen molar-refractivity contribution >= 4 is 5.82 Å². The lowest BCUT2D eigenvalue weighted by molar-refractivity contribution is 0.550. The van der Waals surface area contributed by atoms with Crippen molar-refractivity contribution in [3.05, 3.63) is 18.1 Å². The van der Waals surface area contributed by atoms with Gasteiger partial charge in [0.1, 0.15) is 12.1 Å². The summed E-state index contributed by atoms with van der Waals surface area (Å²) in [5, 5.41) is 3.43. The fourth-order valence-corrected chi connectivity index (χ4v) is 1.53. The molecule has 1 N–H and O–H groups in total. The molecule has 1 aromatic rings. The molecule has 0 fully saturated rings. The number of hydrogen-bond donors (Lipinski definition) is 1. The molecule has 4 nitrogen and oxygen atoms in total. The first-order chi connectivity index (χ1) is 8.02. The SMILES string of the molecule is CC(C)CNCc1cncnc1N(C)C(C)C. The summed E-state index contributed by atoms with van der Waals surface area (Å²) in [5.74, 6) is 1.68. The van der Waals surface area contributed by atoms with Crippen LogP contribution in [0.15, 0.2) is 12.5 Å². The maximum Gasteiger partial charge on any atom is 0.136 e. The monoisotopic (exact) mass is 236 g/mol. The van der Waals surface area contributed by atoms with Gasteiger partial charge in [-0.05, 0) is 26.3 Å². The van der Waals surface area contributed by atoms with Gasteiger partial charge >= 0.3 is 0 Å². The van der Waals surface area contributed by atoms with Gasteiger partial charge in [-0.2, -0.15) is 0 Å². The number of hydrogen-bond acceptors (Lipinski definition) is 4. The van der Waals surface area contributed by atoms with Crippen molar-refractivity contribution in [3.63, 3.8) is 0 Å². The van der Waals surface area contributed by atoms with Crippen LogP contribution >= 0.6 is 0 Å². The molecule has 1 aromatic heterocycles. The van der Waals surface area contributed by atoms with E-state index in [0.29, 0.717) is 12.0 Å². The third-order valence-electron chi connectivity index (χ3n) is 2.74. The molecule has 0 aliphatic rings. The number of nitrogens with zero attached hydrogens (tertiary/aromatic N) is 3. The molecule has 1 rings (SSSR count). The Labute approximate surface area is 104 Å². The molecular formula is C13H24N4. The standard InChI is InChI=1S/C13H24N4/c1-10(2)6-14-7-12-8-15-9-16-13(12)17(5)11(3)4/h8-11,14H,6-7H2,1-5H3. The average Bonchev–Trinajstić information content (AvgIpc) is 2.28. The van der Waals surface area contributed by atoms with Crippen LogP contribution in [0.25, 0.3) is 0 Å². The summed E-state index contributed by atoms with van der Waals surface area (Å²) in [6, 6.07) is 0.439. The minimum atomic E-state index is 0.439. The lowest BCUT2D eigenvalue weighted by atomic mass is 10.2. The summed E-state index contributed by atoms with van der Waals surface area (Å²) in [6.45, 7) is 10.6. The van der Waals surface area contributed by atoms with Crippen LogP contribution in [0.5, 0.6) is 0 Å². The van der Waals surface area contributed by atoms with E-state index in [1.807, 2.05) is 6.20 Å². The fourth-order valence-electron chi connectivity index (χ4n) is 1.53. The summed E-state index contributed by atoms with van der Waals surface area (Å²) >= 11 is 0. The Balaban J connectivity index is 2.71. The van der Waals surface area contributed by atoms with Crippen molar-refractivity contribution < 1.29 is 0 Å². The Morgan fingerprint density at radius 3 is 2.59 bits per heavy atom. The van der Waals surface area contributed by atoms with Crippen molar-refractivity contribution in [3.8, 4) is 0 Å². The van der Waals surface area contributed by atoms with Crippen LogP contribution < -0.4 is 10.2 Å². The molecule has 1 heterocycles. The van der Waals surface area contributed by atoms with Crippen LogP contribution in [0.1, 0.15) is 33.3 Å². The van der Waals surface area contributed by atoms with E-state index in [2.05, 4.69) is 54.9 Å². The zero-order valence-corrected chi connectivity index (χ0v) is 11.6. The zero-order valence-electron chi connectivity index (χ0n) is 11.6. The molecule has 0 bridgehead atoms. The van der Waals surface area contributed by atoms with Crippen molar-refractivity contribution in [2.75, 3.05) is 18.5 Å². The van der Waals surface area contributed by atoms with Crippen LogP contribution in [0, 0.1) is 5.92 Å². The lowest BCUT2D eigenvalue weighted by Gasteiger charge is -2.24. The van der Waals surface area contributed by atoms with Crippen molar-refractivity contribution in [2.24, 2.45) is 5.92 Å². The minimum absolute atomic E-state index is 0.439. The predicted molar refractivity (Wildman–Crippen MR) is 72.1 cm³/mol. The third kappa shape index (κ3) is 4.30. The first-order valence-electron chi connectivity index (χ1n) is 6.24. The van der Waals surface area contributed by atoms with Gasteiger partial charge in [0.25, 0.3) is 0 Å². The van der Waals surface area contributed by atoms with E-state index in [1.165, 1.54) is 0 Å². The third-order valence-corrected chi connectivity index (χ3v) is 2.74. The summed E-state index contributed by atoms with van der Waals surface area (Å²) in [5.41, 5.74) is 1.16. The molecule has 0 unspecified atom stereocenters. The van der Waals surface area contributed by atoms with Gasteiger partial charge in [0.15, 0.2) is 0 Å². The zero-order chi connectivity index (χ0) is 12.8. The molecule has 17 heavy (non-hydrogen) atoms. The minimum Gasteiger partial charge on any atom is -0.357 e. The summed E-state index contributed by atoms with van der Waals surface area (Å²) in [4.78, 5) is 10.7.